The first kappa shape index (κ1) is 17.1. The van der Waals surface area contributed by atoms with Gasteiger partial charge < -0.3 is 4.74 Å². The van der Waals surface area contributed by atoms with E-state index < -0.39 is 0 Å². The molecule has 0 bridgehead atoms. The van der Waals surface area contributed by atoms with Crippen LogP contribution in [0.25, 0.3) is 0 Å². The van der Waals surface area contributed by atoms with Gasteiger partial charge in [-0.1, -0.05) is 26.0 Å². The molecule has 1 unspecified atom stereocenters. The molecule has 136 valence electrons. The molecule has 0 N–H and O–H groups in total. The molecule has 0 amide bonds. The van der Waals surface area contributed by atoms with Crippen LogP contribution in [-0.4, -0.2) is 17.9 Å². The first-order valence-electron chi connectivity index (χ1n) is 9.86. The van der Waals surface area contributed by atoms with E-state index in [2.05, 4.69) is 20.4 Å². The first-order valence-corrected chi connectivity index (χ1v) is 9.86. The lowest BCUT2D eigenvalue weighted by molar-refractivity contribution is -0.156. The maximum absolute atomic E-state index is 12.0. The second-order valence-corrected chi connectivity index (χ2v) is 9.35. The number of rotatable bonds is 1. The summed E-state index contributed by atoms with van der Waals surface area (Å²) in [7, 11) is 0. The summed E-state index contributed by atoms with van der Waals surface area (Å²) in [6, 6.07) is 0. The highest BCUT2D eigenvalue weighted by molar-refractivity contribution is 5.92. The van der Waals surface area contributed by atoms with Crippen LogP contribution in [0.5, 0.6) is 0 Å². The predicted molar refractivity (Wildman–Crippen MR) is 96.8 cm³/mol. The van der Waals surface area contributed by atoms with Crippen LogP contribution in [0.1, 0.15) is 65.7 Å². The molecule has 3 saturated carbocycles. The van der Waals surface area contributed by atoms with Crippen molar-refractivity contribution < 1.29 is 14.3 Å². The lowest BCUT2D eigenvalue weighted by atomic mass is 9.46. The summed E-state index contributed by atoms with van der Waals surface area (Å²) in [4.78, 5) is 23.5. The van der Waals surface area contributed by atoms with Crippen LogP contribution in [0, 0.1) is 28.6 Å². The number of carbonyl (C=O) groups is 2. The van der Waals surface area contributed by atoms with Crippen LogP contribution in [-0.2, 0) is 14.3 Å². The van der Waals surface area contributed by atoms with Crippen LogP contribution in [0.4, 0.5) is 0 Å². The van der Waals surface area contributed by atoms with Crippen molar-refractivity contribution in [2.75, 3.05) is 0 Å². The number of ketones is 1. The average Bonchev–Trinajstić information content (AvgIpc) is 2.86. The molecule has 6 atom stereocenters. The van der Waals surface area contributed by atoms with E-state index in [4.69, 9.17) is 4.74 Å². The summed E-state index contributed by atoms with van der Waals surface area (Å²) in [5, 5.41) is 0. The second kappa shape index (κ2) is 5.56. The molecule has 4 rings (SSSR count). The van der Waals surface area contributed by atoms with Gasteiger partial charge >= 0.3 is 5.97 Å². The minimum Gasteiger partial charge on any atom is -0.462 e. The number of allylic oxidation sites excluding steroid dienone is 2. The Morgan fingerprint density at radius 1 is 1.20 bits per heavy atom. The fraction of sp³-hybridized carbons (Fsp3) is 0.727. The van der Waals surface area contributed by atoms with Crippen LogP contribution >= 0.6 is 0 Å². The molecule has 3 nitrogen and oxygen atoms in total. The zero-order valence-corrected chi connectivity index (χ0v) is 15.8. The van der Waals surface area contributed by atoms with Crippen molar-refractivity contribution in [1.82, 2.24) is 0 Å². The van der Waals surface area contributed by atoms with Crippen LogP contribution in [0.2, 0.25) is 0 Å². The molecular weight excluding hydrogens is 312 g/mol. The van der Waals surface area contributed by atoms with Gasteiger partial charge in [-0.15, -0.1) is 0 Å². The molecule has 0 aromatic carbocycles. The number of hydrogen-bond acceptors (Lipinski definition) is 3. The number of esters is 1. The molecule has 0 aliphatic heterocycles. The zero-order chi connectivity index (χ0) is 18.0. The largest absolute Gasteiger partial charge is 0.462 e. The normalized spacial score (nSPS) is 46.0. The van der Waals surface area contributed by atoms with Gasteiger partial charge in [-0.05, 0) is 73.3 Å². The van der Waals surface area contributed by atoms with E-state index in [0.717, 1.165) is 32.1 Å². The third-order valence-corrected chi connectivity index (χ3v) is 8.15. The van der Waals surface area contributed by atoms with Crippen LogP contribution in [0.3, 0.4) is 0 Å². The molecule has 4 aliphatic rings. The van der Waals surface area contributed by atoms with Crippen molar-refractivity contribution in [3.05, 3.63) is 23.8 Å². The summed E-state index contributed by atoms with van der Waals surface area (Å²) in [6.45, 7) is 10.6. The lowest BCUT2D eigenvalue weighted by Gasteiger charge is -2.58. The molecule has 4 aliphatic carbocycles. The zero-order valence-electron chi connectivity index (χ0n) is 15.8. The van der Waals surface area contributed by atoms with Gasteiger partial charge in [0.2, 0.25) is 0 Å². The van der Waals surface area contributed by atoms with E-state index in [0.29, 0.717) is 24.2 Å². The monoisotopic (exact) mass is 342 g/mol. The Kier molecular flexibility index (Phi) is 3.79. The lowest BCUT2D eigenvalue weighted by Crippen LogP contribution is -2.52. The Balaban J connectivity index is 1.67. The molecule has 0 aromatic rings. The van der Waals surface area contributed by atoms with Crippen molar-refractivity contribution in [3.63, 3.8) is 0 Å². The van der Waals surface area contributed by atoms with Crippen LogP contribution < -0.4 is 0 Å². The van der Waals surface area contributed by atoms with Gasteiger partial charge in [0.15, 0.2) is 5.78 Å². The first-order chi connectivity index (χ1) is 11.8. The summed E-state index contributed by atoms with van der Waals surface area (Å²) in [6.07, 6.45) is 9.06. The van der Waals surface area contributed by atoms with E-state index in [-0.39, 0.29) is 28.7 Å². The molecule has 0 radical (unpaired) electrons. The Bertz CT molecular complexity index is 675. The van der Waals surface area contributed by atoms with Gasteiger partial charge in [-0.3, -0.25) is 9.59 Å². The van der Waals surface area contributed by atoms with E-state index in [1.54, 1.807) is 0 Å². The Morgan fingerprint density at radius 3 is 2.68 bits per heavy atom. The summed E-state index contributed by atoms with van der Waals surface area (Å²) >= 11 is 0. The van der Waals surface area contributed by atoms with E-state index in [1.807, 2.05) is 6.08 Å². The highest BCUT2D eigenvalue weighted by Gasteiger charge is 2.60. The minimum absolute atomic E-state index is 0.0712. The van der Waals surface area contributed by atoms with E-state index >= 15 is 0 Å². The Labute approximate surface area is 150 Å². The summed E-state index contributed by atoms with van der Waals surface area (Å²) in [5.41, 5.74) is 2.63. The number of ether oxygens (including phenoxy) is 1. The third kappa shape index (κ3) is 2.38. The summed E-state index contributed by atoms with van der Waals surface area (Å²) < 4.78 is 5.72. The minimum atomic E-state index is -0.148. The second-order valence-electron chi connectivity index (χ2n) is 9.35. The summed E-state index contributed by atoms with van der Waals surface area (Å²) in [5.74, 6) is 1.96. The Hall–Kier alpha value is -1.38. The molecule has 3 fully saturated rings. The average molecular weight is 342 g/mol. The maximum Gasteiger partial charge on any atom is 0.302 e. The van der Waals surface area contributed by atoms with Crippen molar-refractivity contribution in [1.29, 1.82) is 0 Å². The van der Waals surface area contributed by atoms with Gasteiger partial charge in [0.25, 0.3) is 0 Å². The van der Waals surface area contributed by atoms with E-state index in [9.17, 15) is 9.59 Å². The van der Waals surface area contributed by atoms with Crippen LogP contribution in [0.15, 0.2) is 23.8 Å². The standard InChI is InChI=1S/C22H30O3/c1-13-11-16-17-5-6-20(25-14(2)23)22(17,4)10-8-18(16)21(3)9-7-15(24)12-19(13)21/h12,16-18,20H,1,5-11H2,2-4H3/t16-,17-,18+,20?,21+,22-/m0/s1. The molecule has 0 spiro atoms. The molecule has 3 heteroatoms. The number of carbonyl (C=O) groups excluding carboxylic acids is 2. The number of fused-ring (bicyclic) bond motifs is 5. The highest BCUT2D eigenvalue weighted by atomic mass is 16.5. The van der Waals surface area contributed by atoms with Gasteiger partial charge in [-0.25, -0.2) is 0 Å². The van der Waals surface area contributed by atoms with Crippen molar-refractivity contribution >= 4 is 11.8 Å². The molecular formula is C22H30O3. The molecule has 0 aromatic heterocycles. The molecule has 0 heterocycles. The highest BCUT2D eigenvalue weighted by Crippen LogP contribution is 2.66. The van der Waals surface area contributed by atoms with E-state index in [1.165, 1.54) is 24.5 Å². The topological polar surface area (TPSA) is 43.4 Å². The Morgan fingerprint density at radius 2 is 1.96 bits per heavy atom. The SMILES string of the molecule is C=C1C[C@@H]2[C@@H](CC[C@]3(C)C(OC(C)=O)CC[C@@H]23)[C@@]2(C)CCC(=O)C=C12. The predicted octanol–water partition coefficient (Wildman–Crippen LogP) is 4.62. The smallest absolute Gasteiger partial charge is 0.302 e. The van der Waals surface area contributed by atoms with Crippen molar-refractivity contribution in [3.8, 4) is 0 Å². The van der Waals surface area contributed by atoms with Gasteiger partial charge in [0.1, 0.15) is 6.10 Å². The molecule has 25 heavy (non-hydrogen) atoms. The quantitative estimate of drug-likeness (QED) is 0.653. The third-order valence-electron chi connectivity index (χ3n) is 8.15. The van der Waals surface area contributed by atoms with Gasteiger partial charge in [-0.2, -0.15) is 0 Å². The fourth-order valence-electron chi connectivity index (χ4n) is 6.91. The fourth-order valence-corrected chi connectivity index (χ4v) is 6.91. The van der Waals surface area contributed by atoms with Gasteiger partial charge in [0.05, 0.1) is 0 Å². The van der Waals surface area contributed by atoms with Crippen molar-refractivity contribution in [2.45, 2.75) is 71.8 Å². The maximum atomic E-state index is 12.0. The van der Waals surface area contributed by atoms with Gasteiger partial charge in [0, 0.05) is 18.8 Å². The van der Waals surface area contributed by atoms with Crippen molar-refractivity contribution in [2.24, 2.45) is 28.6 Å². The number of hydrogen-bond donors (Lipinski definition) is 0. The molecule has 0 saturated heterocycles.